The van der Waals surface area contributed by atoms with E-state index in [2.05, 4.69) is 32.8 Å². The van der Waals surface area contributed by atoms with Crippen LogP contribution in [0.25, 0.3) is 0 Å². The monoisotopic (exact) mass is 246 g/mol. The predicted octanol–water partition coefficient (Wildman–Crippen LogP) is 1.77. The van der Waals surface area contributed by atoms with Gasteiger partial charge in [-0.25, -0.2) is 4.98 Å². The number of hydrogen-bond acceptors (Lipinski definition) is 4. The summed E-state index contributed by atoms with van der Waals surface area (Å²) >= 11 is 0. The third-order valence-corrected chi connectivity index (χ3v) is 2.58. The summed E-state index contributed by atoms with van der Waals surface area (Å²) in [5, 5.41) is 3.32. The molecule has 0 spiro atoms. The molecule has 1 unspecified atom stereocenters. The van der Waals surface area contributed by atoms with Crippen LogP contribution in [0.2, 0.25) is 0 Å². The highest BCUT2D eigenvalue weighted by Gasteiger charge is 2.07. The Morgan fingerprint density at radius 1 is 1.44 bits per heavy atom. The maximum Gasteiger partial charge on any atom is 0.203 e. The predicted molar refractivity (Wildman–Crippen MR) is 70.5 cm³/mol. The fraction of sp³-hybridized carbons (Fsp3) is 0.385. The van der Waals surface area contributed by atoms with Crippen molar-refractivity contribution in [1.29, 1.82) is 0 Å². The molecule has 5 heteroatoms. The van der Waals surface area contributed by atoms with E-state index in [0.29, 0.717) is 6.61 Å². The van der Waals surface area contributed by atoms with Crippen molar-refractivity contribution in [3.8, 4) is 0 Å². The van der Waals surface area contributed by atoms with Crippen molar-refractivity contribution < 1.29 is 4.74 Å². The topological polar surface area (TPSA) is 52.0 Å². The number of aromatic nitrogens is 3. The zero-order valence-corrected chi connectivity index (χ0v) is 10.7. The molecule has 2 aromatic heterocycles. The molecule has 2 rings (SSSR count). The fourth-order valence-electron chi connectivity index (χ4n) is 1.78. The van der Waals surface area contributed by atoms with E-state index in [-0.39, 0.29) is 6.04 Å². The van der Waals surface area contributed by atoms with Gasteiger partial charge in [0.05, 0.1) is 13.2 Å². The number of pyridine rings is 1. The smallest absolute Gasteiger partial charge is 0.203 e. The highest BCUT2D eigenvalue weighted by molar-refractivity contribution is 5.28. The second-order valence-electron chi connectivity index (χ2n) is 4.24. The summed E-state index contributed by atoms with van der Waals surface area (Å²) in [6.45, 7) is 3.47. The molecule has 2 heterocycles. The molecule has 0 radical (unpaired) electrons. The largest absolute Gasteiger partial charge is 0.383 e. The highest BCUT2D eigenvalue weighted by atomic mass is 16.5. The fourth-order valence-corrected chi connectivity index (χ4v) is 1.78. The summed E-state index contributed by atoms with van der Waals surface area (Å²) in [6, 6.07) is 4.22. The molecule has 0 aliphatic rings. The zero-order valence-electron chi connectivity index (χ0n) is 10.7. The van der Waals surface area contributed by atoms with Crippen molar-refractivity contribution in [3.63, 3.8) is 0 Å². The van der Waals surface area contributed by atoms with Crippen molar-refractivity contribution >= 4 is 5.95 Å². The molecule has 0 saturated heterocycles. The van der Waals surface area contributed by atoms with Gasteiger partial charge in [0.1, 0.15) is 0 Å². The van der Waals surface area contributed by atoms with E-state index in [1.165, 1.54) is 0 Å². The highest BCUT2D eigenvalue weighted by Crippen LogP contribution is 2.09. The van der Waals surface area contributed by atoms with Crippen molar-refractivity contribution in [1.82, 2.24) is 14.5 Å². The molecule has 1 N–H and O–H groups in total. The molecular formula is C13H18N4O. The molecule has 2 aromatic rings. The quantitative estimate of drug-likeness (QED) is 0.844. The van der Waals surface area contributed by atoms with Crippen LogP contribution in [-0.4, -0.2) is 34.3 Å². The van der Waals surface area contributed by atoms with Crippen LogP contribution in [-0.2, 0) is 11.3 Å². The lowest BCUT2D eigenvalue weighted by molar-refractivity contribution is 0.190. The first-order valence-electron chi connectivity index (χ1n) is 5.95. The molecule has 18 heavy (non-hydrogen) atoms. The molecule has 0 fully saturated rings. The minimum absolute atomic E-state index is 0.227. The van der Waals surface area contributed by atoms with E-state index >= 15 is 0 Å². The summed E-state index contributed by atoms with van der Waals surface area (Å²) < 4.78 is 7.16. The minimum Gasteiger partial charge on any atom is -0.383 e. The second kappa shape index (κ2) is 6.16. The molecule has 0 aromatic carbocycles. The first-order valence-corrected chi connectivity index (χ1v) is 5.95. The van der Waals surface area contributed by atoms with Gasteiger partial charge in [-0.2, -0.15) is 0 Å². The maximum absolute atomic E-state index is 5.10. The first kappa shape index (κ1) is 12.6. The molecule has 0 bridgehead atoms. The van der Waals surface area contributed by atoms with Gasteiger partial charge in [0, 0.05) is 37.9 Å². The number of anilines is 1. The van der Waals surface area contributed by atoms with Crippen molar-refractivity contribution in [3.05, 3.63) is 42.5 Å². The number of rotatable bonds is 6. The standard InChI is InChI=1S/C13H18N4O/c1-11(10-18-2)16-13-15-6-7-17(13)9-12-4-3-5-14-8-12/h3-8,11H,9-10H2,1-2H3,(H,15,16). The van der Waals surface area contributed by atoms with Gasteiger partial charge < -0.3 is 14.6 Å². The van der Waals surface area contributed by atoms with E-state index in [9.17, 15) is 0 Å². The number of hydrogen-bond donors (Lipinski definition) is 1. The van der Waals surface area contributed by atoms with Crippen LogP contribution < -0.4 is 5.32 Å². The average molecular weight is 246 g/mol. The number of nitrogens with one attached hydrogen (secondary N) is 1. The van der Waals surface area contributed by atoms with Crippen LogP contribution >= 0.6 is 0 Å². The van der Waals surface area contributed by atoms with Crippen molar-refractivity contribution in [2.45, 2.75) is 19.5 Å². The molecule has 0 saturated carbocycles. The number of methoxy groups -OCH3 is 1. The van der Waals surface area contributed by atoms with Gasteiger partial charge in [0.15, 0.2) is 0 Å². The summed E-state index contributed by atoms with van der Waals surface area (Å²) in [7, 11) is 1.69. The van der Waals surface area contributed by atoms with Gasteiger partial charge in [0.25, 0.3) is 0 Å². The Bertz CT molecular complexity index is 469. The lowest BCUT2D eigenvalue weighted by Gasteiger charge is -2.15. The summed E-state index contributed by atoms with van der Waals surface area (Å²) in [5.74, 6) is 0.850. The Morgan fingerprint density at radius 3 is 3.06 bits per heavy atom. The number of ether oxygens (including phenoxy) is 1. The van der Waals surface area contributed by atoms with Crippen molar-refractivity contribution in [2.75, 3.05) is 19.0 Å². The zero-order chi connectivity index (χ0) is 12.8. The molecule has 0 amide bonds. The number of nitrogens with zero attached hydrogens (tertiary/aromatic N) is 3. The van der Waals surface area contributed by atoms with E-state index in [4.69, 9.17) is 4.74 Å². The van der Waals surface area contributed by atoms with E-state index < -0.39 is 0 Å². The SMILES string of the molecule is COCC(C)Nc1nccn1Cc1cccnc1. The first-order chi connectivity index (χ1) is 8.79. The van der Waals surface area contributed by atoms with Crippen molar-refractivity contribution in [2.24, 2.45) is 0 Å². The summed E-state index contributed by atoms with van der Waals surface area (Å²) in [4.78, 5) is 8.42. The van der Waals surface area contributed by atoms with Gasteiger partial charge in [-0.3, -0.25) is 4.98 Å². The second-order valence-corrected chi connectivity index (χ2v) is 4.24. The Kier molecular flexibility index (Phi) is 4.30. The third-order valence-electron chi connectivity index (χ3n) is 2.58. The molecule has 0 aliphatic carbocycles. The van der Waals surface area contributed by atoms with Crippen LogP contribution in [0.5, 0.6) is 0 Å². The summed E-state index contributed by atoms with van der Waals surface area (Å²) in [5.41, 5.74) is 1.15. The van der Waals surface area contributed by atoms with Gasteiger partial charge >= 0.3 is 0 Å². The van der Waals surface area contributed by atoms with Crippen LogP contribution in [0.4, 0.5) is 5.95 Å². The lowest BCUT2D eigenvalue weighted by Crippen LogP contribution is -2.23. The normalized spacial score (nSPS) is 12.3. The van der Waals surface area contributed by atoms with Crippen LogP contribution in [0.3, 0.4) is 0 Å². The number of imidazole rings is 1. The molecular weight excluding hydrogens is 228 g/mol. The Labute approximate surface area is 107 Å². The van der Waals surface area contributed by atoms with E-state index in [1.54, 1.807) is 19.5 Å². The Balaban J connectivity index is 2.04. The Morgan fingerprint density at radius 2 is 2.33 bits per heavy atom. The van der Waals surface area contributed by atoms with Gasteiger partial charge in [-0.1, -0.05) is 6.07 Å². The molecule has 5 nitrogen and oxygen atoms in total. The lowest BCUT2D eigenvalue weighted by atomic mass is 10.3. The molecule has 0 aliphatic heterocycles. The van der Waals surface area contributed by atoms with Gasteiger partial charge in [-0.05, 0) is 18.6 Å². The average Bonchev–Trinajstić information content (AvgIpc) is 2.78. The van der Waals surface area contributed by atoms with Crippen LogP contribution in [0, 0.1) is 0 Å². The van der Waals surface area contributed by atoms with Crippen LogP contribution in [0.15, 0.2) is 36.9 Å². The van der Waals surface area contributed by atoms with E-state index in [1.807, 2.05) is 18.5 Å². The molecule has 96 valence electrons. The third kappa shape index (κ3) is 3.30. The van der Waals surface area contributed by atoms with E-state index in [0.717, 1.165) is 18.1 Å². The molecule has 1 atom stereocenters. The van der Waals surface area contributed by atoms with Crippen LogP contribution in [0.1, 0.15) is 12.5 Å². The van der Waals surface area contributed by atoms with Gasteiger partial charge in [-0.15, -0.1) is 0 Å². The summed E-state index contributed by atoms with van der Waals surface area (Å²) in [6.07, 6.45) is 7.38. The Hall–Kier alpha value is -1.88. The van der Waals surface area contributed by atoms with Gasteiger partial charge in [0.2, 0.25) is 5.95 Å². The minimum atomic E-state index is 0.227. The maximum atomic E-state index is 5.10.